The van der Waals surface area contributed by atoms with E-state index in [0.717, 1.165) is 13.1 Å². The highest BCUT2D eigenvalue weighted by molar-refractivity contribution is 5.77. The lowest BCUT2D eigenvalue weighted by Gasteiger charge is -2.23. The van der Waals surface area contributed by atoms with Crippen LogP contribution < -0.4 is 11.1 Å². The molecule has 0 aromatic rings. The number of nitrogens with two attached hydrogens (primary N) is 1. The van der Waals surface area contributed by atoms with Crippen molar-refractivity contribution in [1.29, 1.82) is 0 Å². The zero-order chi connectivity index (χ0) is 12.4. The summed E-state index contributed by atoms with van der Waals surface area (Å²) in [4.78, 5) is 13.6. The topological polar surface area (TPSA) is 67.6 Å². The lowest BCUT2D eigenvalue weighted by molar-refractivity contribution is -0.122. The van der Waals surface area contributed by atoms with Gasteiger partial charge in [-0.05, 0) is 5.92 Å². The molecule has 0 aromatic carbocycles. The number of nitrogens with zero attached hydrogens (tertiary/aromatic N) is 1. The SMILES string of the molecule is COCCN(CC(=O)NCCN)CC(C)C. The van der Waals surface area contributed by atoms with Crippen LogP contribution in [0.4, 0.5) is 0 Å². The molecule has 0 rings (SSSR count). The Bertz CT molecular complexity index is 186. The van der Waals surface area contributed by atoms with Crippen LogP contribution in [-0.4, -0.2) is 57.2 Å². The minimum absolute atomic E-state index is 0.0298. The Kier molecular flexibility index (Phi) is 9.18. The van der Waals surface area contributed by atoms with Gasteiger partial charge in [0.05, 0.1) is 13.2 Å². The number of hydrogen-bond acceptors (Lipinski definition) is 4. The van der Waals surface area contributed by atoms with Crippen LogP contribution in [0.25, 0.3) is 0 Å². The van der Waals surface area contributed by atoms with Crippen molar-refractivity contribution < 1.29 is 9.53 Å². The highest BCUT2D eigenvalue weighted by atomic mass is 16.5. The van der Waals surface area contributed by atoms with E-state index in [4.69, 9.17) is 10.5 Å². The predicted octanol–water partition coefficient (Wildman–Crippen LogP) is -0.334. The van der Waals surface area contributed by atoms with Crippen molar-refractivity contribution in [2.24, 2.45) is 11.7 Å². The van der Waals surface area contributed by atoms with E-state index in [2.05, 4.69) is 24.1 Å². The van der Waals surface area contributed by atoms with E-state index in [9.17, 15) is 4.79 Å². The molecule has 0 aliphatic carbocycles. The van der Waals surface area contributed by atoms with Crippen LogP contribution in [-0.2, 0) is 9.53 Å². The smallest absolute Gasteiger partial charge is 0.234 e. The lowest BCUT2D eigenvalue weighted by Crippen LogP contribution is -2.41. The fraction of sp³-hybridized carbons (Fsp3) is 0.909. The first-order valence-electron chi connectivity index (χ1n) is 5.78. The first-order valence-corrected chi connectivity index (χ1v) is 5.78. The third-order valence-electron chi connectivity index (χ3n) is 2.07. The molecule has 0 saturated heterocycles. The molecule has 0 spiro atoms. The highest BCUT2D eigenvalue weighted by Gasteiger charge is 2.11. The van der Waals surface area contributed by atoms with Crippen molar-refractivity contribution in [1.82, 2.24) is 10.2 Å². The molecular weight excluding hydrogens is 206 g/mol. The van der Waals surface area contributed by atoms with Gasteiger partial charge in [-0.1, -0.05) is 13.8 Å². The molecule has 1 amide bonds. The summed E-state index contributed by atoms with van der Waals surface area (Å²) < 4.78 is 5.02. The molecule has 0 aliphatic heterocycles. The molecule has 0 aromatic heterocycles. The maximum atomic E-state index is 11.5. The molecule has 5 nitrogen and oxygen atoms in total. The number of hydrogen-bond donors (Lipinski definition) is 2. The number of rotatable bonds is 9. The number of amides is 1. The fourth-order valence-corrected chi connectivity index (χ4v) is 1.44. The molecular formula is C11H25N3O2. The summed E-state index contributed by atoms with van der Waals surface area (Å²) >= 11 is 0. The molecule has 0 saturated carbocycles. The third kappa shape index (κ3) is 8.64. The van der Waals surface area contributed by atoms with E-state index in [-0.39, 0.29) is 5.91 Å². The Morgan fingerprint density at radius 1 is 1.50 bits per heavy atom. The number of carbonyl (C=O) groups is 1. The second kappa shape index (κ2) is 9.57. The van der Waals surface area contributed by atoms with Gasteiger partial charge in [0.25, 0.3) is 0 Å². The van der Waals surface area contributed by atoms with Crippen LogP contribution in [0.1, 0.15) is 13.8 Å². The Labute approximate surface area is 98.3 Å². The van der Waals surface area contributed by atoms with E-state index >= 15 is 0 Å². The van der Waals surface area contributed by atoms with Crippen molar-refractivity contribution in [2.45, 2.75) is 13.8 Å². The Hall–Kier alpha value is -0.650. The van der Waals surface area contributed by atoms with Crippen molar-refractivity contribution in [3.63, 3.8) is 0 Å². The quantitative estimate of drug-likeness (QED) is 0.570. The van der Waals surface area contributed by atoms with E-state index < -0.39 is 0 Å². The molecule has 3 N–H and O–H groups in total. The highest BCUT2D eigenvalue weighted by Crippen LogP contribution is 1.98. The molecule has 96 valence electrons. The van der Waals surface area contributed by atoms with E-state index in [0.29, 0.717) is 32.2 Å². The van der Waals surface area contributed by atoms with Crippen molar-refractivity contribution in [3.05, 3.63) is 0 Å². The summed E-state index contributed by atoms with van der Waals surface area (Å²) in [6.07, 6.45) is 0. The van der Waals surface area contributed by atoms with Gasteiger partial charge in [0.2, 0.25) is 5.91 Å². The van der Waals surface area contributed by atoms with Crippen LogP contribution in [0.2, 0.25) is 0 Å². The van der Waals surface area contributed by atoms with Gasteiger partial charge in [0.15, 0.2) is 0 Å². The largest absolute Gasteiger partial charge is 0.383 e. The van der Waals surface area contributed by atoms with Crippen molar-refractivity contribution in [3.8, 4) is 0 Å². The molecule has 0 heterocycles. The predicted molar refractivity (Wildman–Crippen MR) is 65.2 cm³/mol. The van der Waals surface area contributed by atoms with Gasteiger partial charge in [-0.2, -0.15) is 0 Å². The summed E-state index contributed by atoms with van der Waals surface area (Å²) in [5.74, 6) is 0.571. The fourth-order valence-electron chi connectivity index (χ4n) is 1.44. The van der Waals surface area contributed by atoms with Gasteiger partial charge in [0.1, 0.15) is 0 Å². The monoisotopic (exact) mass is 231 g/mol. The van der Waals surface area contributed by atoms with Gasteiger partial charge in [-0.15, -0.1) is 0 Å². The van der Waals surface area contributed by atoms with Gasteiger partial charge >= 0.3 is 0 Å². The molecule has 0 fully saturated rings. The number of ether oxygens (including phenoxy) is 1. The standard InChI is InChI=1S/C11H25N3O2/c1-10(2)8-14(6-7-16-3)9-11(15)13-5-4-12/h10H,4-9,12H2,1-3H3,(H,13,15). The summed E-state index contributed by atoms with van der Waals surface area (Å²) in [7, 11) is 1.67. The van der Waals surface area contributed by atoms with Gasteiger partial charge < -0.3 is 15.8 Å². The minimum Gasteiger partial charge on any atom is -0.383 e. The Balaban J connectivity index is 3.92. The average Bonchev–Trinajstić information content (AvgIpc) is 2.22. The minimum atomic E-state index is 0.0298. The molecule has 0 atom stereocenters. The molecule has 0 aliphatic rings. The summed E-state index contributed by atoms with van der Waals surface area (Å²) in [6, 6.07) is 0. The van der Waals surface area contributed by atoms with Gasteiger partial charge in [0, 0.05) is 33.3 Å². The number of carbonyl (C=O) groups excluding carboxylic acids is 1. The second-order valence-corrected chi connectivity index (χ2v) is 4.26. The molecule has 0 bridgehead atoms. The molecule has 5 heteroatoms. The normalized spacial score (nSPS) is 11.1. The first kappa shape index (κ1) is 15.3. The number of methoxy groups -OCH3 is 1. The summed E-state index contributed by atoms with van der Waals surface area (Å²) in [5.41, 5.74) is 5.32. The van der Waals surface area contributed by atoms with Gasteiger partial charge in [-0.3, -0.25) is 9.69 Å². The van der Waals surface area contributed by atoms with E-state index in [1.165, 1.54) is 0 Å². The van der Waals surface area contributed by atoms with E-state index in [1.54, 1.807) is 7.11 Å². The number of nitrogens with one attached hydrogen (secondary N) is 1. The summed E-state index contributed by atoms with van der Waals surface area (Å²) in [6.45, 7) is 8.05. The van der Waals surface area contributed by atoms with Crippen LogP contribution >= 0.6 is 0 Å². The van der Waals surface area contributed by atoms with Crippen molar-refractivity contribution in [2.75, 3.05) is 46.4 Å². The molecule has 0 radical (unpaired) electrons. The third-order valence-corrected chi connectivity index (χ3v) is 2.07. The van der Waals surface area contributed by atoms with Crippen LogP contribution in [0.3, 0.4) is 0 Å². The maximum absolute atomic E-state index is 11.5. The lowest BCUT2D eigenvalue weighted by atomic mass is 10.2. The maximum Gasteiger partial charge on any atom is 0.234 e. The zero-order valence-corrected chi connectivity index (χ0v) is 10.7. The Morgan fingerprint density at radius 3 is 2.69 bits per heavy atom. The zero-order valence-electron chi connectivity index (χ0n) is 10.7. The Morgan fingerprint density at radius 2 is 2.19 bits per heavy atom. The van der Waals surface area contributed by atoms with Crippen molar-refractivity contribution >= 4 is 5.91 Å². The molecule has 16 heavy (non-hydrogen) atoms. The average molecular weight is 231 g/mol. The molecule has 0 unspecified atom stereocenters. The van der Waals surface area contributed by atoms with Gasteiger partial charge in [-0.25, -0.2) is 0 Å². The first-order chi connectivity index (χ1) is 7.60. The second-order valence-electron chi connectivity index (χ2n) is 4.26. The summed E-state index contributed by atoms with van der Waals surface area (Å²) in [5, 5.41) is 2.77. The van der Waals surface area contributed by atoms with E-state index in [1.807, 2.05) is 0 Å². The van der Waals surface area contributed by atoms with Crippen LogP contribution in [0.15, 0.2) is 0 Å². The van der Waals surface area contributed by atoms with Crippen LogP contribution in [0.5, 0.6) is 0 Å². The van der Waals surface area contributed by atoms with Crippen LogP contribution in [0, 0.1) is 5.92 Å².